The molecule has 11 heteroatoms. The average molecular weight is 731 g/mol. The van der Waals surface area contributed by atoms with Gasteiger partial charge in [-0.15, -0.1) is 0 Å². The van der Waals surface area contributed by atoms with Crippen LogP contribution in [0.4, 0.5) is 0 Å². The van der Waals surface area contributed by atoms with Crippen LogP contribution < -0.4 is 0 Å². The summed E-state index contributed by atoms with van der Waals surface area (Å²) in [5.74, 6) is -4.17. The molecular formula is C42H50O11. The standard InChI is InChI=1S/C42H50O11/c1-26(43)50-33-21-32(34-25-49-42(4,5)53-34)35-36(37(33)51-27(2)44)38(46-22-29-15-9-6-10-16-29)40(47-23-30-17-11-7-12-18-30)41(39(35)52-28(3)45)48-24-31-19-13-8-14-20-31/h6-20,32-41H,21-25H2,1-5H3/t32-,33-,34-,35-,36-,37-,38-,39-,40+,41+/m1/s1. The van der Waals surface area contributed by atoms with Crippen LogP contribution in [0.1, 0.15) is 57.7 Å². The lowest BCUT2D eigenvalue weighted by Crippen LogP contribution is -2.70. The summed E-state index contributed by atoms with van der Waals surface area (Å²) in [4.78, 5) is 38.7. The van der Waals surface area contributed by atoms with Gasteiger partial charge in [-0.2, -0.15) is 0 Å². The monoisotopic (exact) mass is 730 g/mol. The van der Waals surface area contributed by atoms with Gasteiger partial charge in [0.25, 0.3) is 0 Å². The van der Waals surface area contributed by atoms with Gasteiger partial charge in [0, 0.05) is 32.6 Å². The molecule has 1 aliphatic heterocycles. The third-order valence-electron chi connectivity index (χ3n) is 10.2. The summed E-state index contributed by atoms with van der Waals surface area (Å²) in [6, 6.07) is 29.2. The Kier molecular flexibility index (Phi) is 12.6. The molecule has 284 valence electrons. The molecule has 3 aromatic rings. The molecule has 10 atom stereocenters. The first-order chi connectivity index (χ1) is 25.5. The van der Waals surface area contributed by atoms with Crippen LogP contribution in [0.2, 0.25) is 0 Å². The number of hydrogen-bond acceptors (Lipinski definition) is 11. The average Bonchev–Trinajstić information content (AvgIpc) is 3.50. The molecule has 11 nitrogen and oxygen atoms in total. The van der Waals surface area contributed by atoms with Crippen LogP contribution in [0.15, 0.2) is 91.0 Å². The van der Waals surface area contributed by atoms with Crippen LogP contribution in [-0.4, -0.2) is 73.0 Å². The van der Waals surface area contributed by atoms with Crippen molar-refractivity contribution in [3.8, 4) is 0 Å². The second-order valence-corrected chi connectivity index (χ2v) is 14.5. The maximum atomic E-state index is 13.1. The summed E-state index contributed by atoms with van der Waals surface area (Å²) in [5, 5.41) is 0. The van der Waals surface area contributed by atoms with Crippen molar-refractivity contribution in [2.75, 3.05) is 6.61 Å². The Labute approximate surface area is 311 Å². The minimum absolute atomic E-state index is 0.189. The van der Waals surface area contributed by atoms with E-state index in [9.17, 15) is 14.4 Å². The quantitative estimate of drug-likeness (QED) is 0.153. The van der Waals surface area contributed by atoms with Crippen molar-refractivity contribution in [2.24, 2.45) is 17.8 Å². The van der Waals surface area contributed by atoms with Gasteiger partial charge in [-0.1, -0.05) is 91.0 Å². The van der Waals surface area contributed by atoms with Crippen molar-refractivity contribution in [3.63, 3.8) is 0 Å². The van der Waals surface area contributed by atoms with Crippen LogP contribution in [0.5, 0.6) is 0 Å². The highest BCUT2D eigenvalue weighted by Crippen LogP contribution is 2.52. The summed E-state index contributed by atoms with van der Waals surface area (Å²) in [6.45, 7) is 8.52. The van der Waals surface area contributed by atoms with Crippen molar-refractivity contribution >= 4 is 17.9 Å². The molecule has 1 heterocycles. The van der Waals surface area contributed by atoms with E-state index in [1.165, 1.54) is 20.8 Å². The van der Waals surface area contributed by atoms with Crippen molar-refractivity contribution in [1.29, 1.82) is 0 Å². The zero-order valence-corrected chi connectivity index (χ0v) is 31.0. The van der Waals surface area contributed by atoms with E-state index >= 15 is 0 Å². The van der Waals surface area contributed by atoms with E-state index in [0.717, 1.165) is 16.7 Å². The van der Waals surface area contributed by atoms with Gasteiger partial charge in [-0.25, -0.2) is 0 Å². The Morgan fingerprint density at radius 2 is 1.02 bits per heavy atom. The lowest BCUT2D eigenvalue weighted by molar-refractivity contribution is -0.286. The van der Waals surface area contributed by atoms with E-state index < -0.39 is 84.2 Å². The van der Waals surface area contributed by atoms with Gasteiger partial charge < -0.3 is 37.9 Å². The second-order valence-electron chi connectivity index (χ2n) is 14.5. The van der Waals surface area contributed by atoms with E-state index in [4.69, 9.17) is 37.9 Å². The number of carbonyl (C=O) groups is 3. The molecule has 0 bridgehead atoms. The fraction of sp³-hybridized carbons (Fsp3) is 0.500. The molecule has 0 radical (unpaired) electrons. The SMILES string of the molecule is CC(=O)O[C@H]1[C@H](OCc2ccccc2)[C@@H](OCc2ccccc2)[C@H](OCc2ccccc2)[C@H]2[C@H](OC(C)=O)[C@H](OC(C)=O)C[C@H]([C@H]3COC(C)(C)O3)[C@@H]12. The summed E-state index contributed by atoms with van der Waals surface area (Å²) in [5.41, 5.74) is 2.75. The largest absolute Gasteiger partial charge is 0.459 e. The van der Waals surface area contributed by atoms with Crippen LogP contribution in [0.25, 0.3) is 0 Å². The molecule has 0 amide bonds. The van der Waals surface area contributed by atoms with E-state index in [0.29, 0.717) is 0 Å². The zero-order chi connectivity index (χ0) is 37.5. The second kappa shape index (κ2) is 17.3. The summed E-state index contributed by atoms with van der Waals surface area (Å²) < 4.78 is 51.6. The Bertz CT molecular complexity index is 1650. The highest BCUT2D eigenvalue weighted by Gasteiger charge is 2.65. The number of ether oxygens (including phenoxy) is 8. The van der Waals surface area contributed by atoms with Gasteiger partial charge in [0.05, 0.1) is 38.6 Å². The van der Waals surface area contributed by atoms with E-state index in [2.05, 4.69) is 0 Å². The molecule has 2 aliphatic carbocycles. The van der Waals surface area contributed by atoms with Crippen molar-refractivity contribution in [1.82, 2.24) is 0 Å². The molecule has 2 saturated carbocycles. The summed E-state index contributed by atoms with van der Waals surface area (Å²) in [6.07, 6.45) is -5.50. The Morgan fingerprint density at radius 3 is 1.45 bits per heavy atom. The lowest BCUT2D eigenvalue weighted by atomic mass is 9.58. The zero-order valence-electron chi connectivity index (χ0n) is 31.0. The van der Waals surface area contributed by atoms with Crippen molar-refractivity contribution < 1.29 is 52.3 Å². The van der Waals surface area contributed by atoms with Gasteiger partial charge in [-0.05, 0) is 42.9 Å². The third kappa shape index (κ3) is 9.71. The van der Waals surface area contributed by atoms with Gasteiger partial charge >= 0.3 is 17.9 Å². The number of hydrogen-bond donors (Lipinski definition) is 0. The normalized spacial score (nSPS) is 30.5. The maximum Gasteiger partial charge on any atom is 0.303 e. The molecule has 0 N–H and O–H groups in total. The predicted octanol–water partition coefficient (Wildman–Crippen LogP) is 5.96. The number of fused-ring (bicyclic) bond motifs is 1. The molecule has 3 aliphatic rings. The molecule has 0 aromatic heterocycles. The van der Waals surface area contributed by atoms with Crippen molar-refractivity contribution in [3.05, 3.63) is 108 Å². The fourth-order valence-corrected chi connectivity index (χ4v) is 8.22. The molecule has 3 fully saturated rings. The number of benzene rings is 3. The van der Waals surface area contributed by atoms with Gasteiger partial charge in [0.1, 0.15) is 30.5 Å². The third-order valence-corrected chi connectivity index (χ3v) is 10.2. The maximum absolute atomic E-state index is 13.1. The van der Waals surface area contributed by atoms with Crippen molar-refractivity contribution in [2.45, 2.75) is 109 Å². The van der Waals surface area contributed by atoms with E-state index in [1.807, 2.05) is 105 Å². The number of rotatable bonds is 13. The van der Waals surface area contributed by atoms with Crippen LogP contribution in [0.3, 0.4) is 0 Å². The summed E-state index contributed by atoms with van der Waals surface area (Å²) in [7, 11) is 0. The number of carbonyl (C=O) groups excluding carboxylic acids is 3. The summed E-state index contributed by atoms with van der Waals surface area (Å²) >= 11 is 0. The first kappa shape index (κ1) is 38.6. The topological polar surface area (TPSA) is 125 Å². The Morgan fingerprint density at radius 1 is 0.585 bits per heavy atom. The molecule has 0 spiro atoms. The van der Waals surface area contributed by atoms with Gasteiger partial charge in [-0.3, -0.25) is 14.4 Å². The Balaban J connectivity index is 1.51. The molecular weight excluding hydrogens is 680 g/mol. The molecule has 0 unspecified atom stereocenters. The fourth-order valence-electron chi connectivity index (χ4n) is 8.22. The highest BCUT2D eigenvalue weighted by atomic mass is 16.7. The smallest absolute Gasteiger partial charge is 0.303 e. The first-order valence-electron chi connectivity index (χ1n) is 18.3. The predicted molar refractivity (Wildman–Crippen MR) is 192 cm³/mol. The van der Waals surface area contributed by atoms with Crippen LogP contribution in [0, 0.1) is 17.8 Å². The van der Waals surface area contributed by atoms with Gasteiger partial charge in [0.2, 0.25) is 0 Å². The van der Waals surface area contributed by atoms with Crippen LogP contribution >= 0.6 is 0 Å². The minimum atomic E-state index is -0.982. The highest BCUT2D eigenvalue weighted by molar-refractivity contribution is 5.68. The van der Waals surface area contributed by atoms with Gasteiger partial charge in [0.15, 0.2) is 5.79 Å². The minimum Gasteiger partial charge on any atom is -0.459 e. The van der Waals surface area contributed by atoms with Crippen LogP contribution in [-0.2, 0) is 72.1 Å². The lowest BCUT2D eigenvalue weighted by Gasteiger charge is -2.57. The molecule has 1 saturated heterocycles. The van der Waals surface area contributed by atoms with E-state index in [1.54, 1.807) is 0 Å². The van der Waals surface area contributed by atoms with E-state index in [-0.39, 0.29) is 32.8 Å². The molecule has 3 aromatic carbocycles. The Hall–Kier alpha value is -4.13. The first-order valence-corrected chi connectivity index (χ1v) is 18.3. The molecule has 6 rings (SSSR count). The molecule has 53 heavy (non-hydrogen) atoms. The number of esters is 3.